The number of thiophene rings is 1. The van der Waals surface area contributed by atoms with Crippen LogP contribution in [0, 0.1) is 6.92 Å². The van der Waals surface area contributed by atoms with Gasteiger partial charge in [-0.1, -0.05) is 36.7 Å². The van der Waals surface area contributed by atoms with Gasteiger partial charge in [-0.3, -0.25) is 9.59 Å². The summed E-state index contributed by atoms with van der Waals surface area (Å²) < 4.78 is 23.7. The first-order valence-electron chi connectivity index (χ1n) is 9.23. The fraction of sp³-hybridized carbons (Fsp3) is 0.143. The smallest absolute Gasteiger partial charge is 0.266 e. The van der Waals surface area contributed by atoms with Crippen LogP contribution in [0.4, 0.5) is 10.7 Å². The van der Waals surface area contributed by atoms with Crippen LogP contribution in [0.5, 0.6) is 0 Å². The normalized spacial score (nSPS) is 11.2. The van der Waals surface area contributed by atoms with Gasteiger partial charge in [0.15, 0.2) is 0 Å². The summed E-state index contributed by atoms with van der Waals surface area (Å²) >= 11 is 7.16. The predicted octanol–water partition coefficient (Wildman–Crippen LogP) is 4.42. The summed E-state index contributed by atoms with van der Waals surface area (Å²) in [5.41, 5.74) is 1.86. The van der Waals surface area contributed by atoms with Gasteiger partial charge < -0.3 is 10.6 Å². The zero-order valence-corrected chi connectivity index (χ0v) is 19.1. The molecule has 0 spiro atoms. The van der Waals surface area contributed by atoms with E-state index in [9.17, 15) is 18.0 Å². The number of primary sulfonamides is 1. The first kappa shape index (κ1) is 23.0. The number of amides is 2. The van der Waals surface area contributed by atoms with Crippen LogP contribution in [0.1, 0.15) is 38.1 Å². The minimum Gasteiger partial charge on any atom is -0.321 e. The number of anilines is 2. The molecule has 0 radical (unpaired) electrons. The molecule has 2 aromatic carbocycles. The van der Waals surface area contributed by atoms with Crippen molar-refractivity contribution in [3.05, 3.63) is 75.1 Å². The molecule has 3 rings (SSSR count). The van der Waals surface area contributed by atoms with E-state index in [4.69, 9.17) is 16.7 Å². The van der Waals surface area contributed by atoms with Crippen LogP contribution in [0.2, 0.25) is 5.02 Å². The number of nitrogens with two attached hydrogens (primary N) is 1. The number of nitrogens with one attached hydrogen (secondary N) is 2. The van der Waals surface area contributed by atoms with Gasteiger partial charge in [-0.2, -0.15) is 0 Å². The number of sulfonamides is 1. The molecule has 0 bridgehead atoms. The molecule has 0 aliphatic carbocycles. The summed E-state index contributed by atoms with van der Waals surface area (Å²) in [7, 11) is -3.92. The molecule has 162 valence electrons. The maximum atomic E-state index is 12.8. The van der Waals surface area contributed by atoms with Crippen LogP contribution in [-0.2, 0) is 16.4 Å². The lowest BCUT2D eigenvalue weighted by Gasteiger charge is -2.10. The molecule has 3 aromatic rings. The fourth-order valence-corrected chi connectivity index (χ4v) is 5.02. The van der Waals surface area contributed by atoms with Crippen molar-refractivity contribution in [2.24, 2.45) is 5.14 Å². The quantitative estimate of drug-likeness (QED) is 0.486. The van der Waals surface area contributed by atoms with Crippen LogP contribution >= 0.6 is 22.9 Å². The second kappa shape index (κ2) is 9.19. The second-order valence-electron chi connectivity index (χ2n) is 6.73. The Bertz CT molecular complexity index is 1270. The van der Waals surface area contributed by atoms with Gasteiger partial charge in [-0.25, -0.2) is 13.6 Å². The number of aryl methyl sites for hydroxylation is 2. The zero-order valence-electron chi connectivity index (χ0n) is 16.7. The lowest BCUT2D eigenvalue weighted by atomic mass is 10.1. The van der Waals surface area contributed by atoms with E-state index in [0.717, 1.165) is 11.3 Å². The van der Waals surface area contributed by atoms with Crippen molar-refractivity contribution >= 4 is 55.5 Å². The molecule has 0 unspecified atom stereocenters. The van der Waals surface area contributed by atoms with E-state index in [0.29, 0.717) is 43.7 Å². The van der Waals surface area contributed by atoms with Crippen LogP contribution in [0.25, 0.3) is 0 Å². The predicted molar refractivity (Wildman–Crippen MR) is 124 cm³/mol. The number of hydrogen-bond donors (Lipinski definition) is 3. The number of rotatable bonds is 6. The molecule has 0 fully saturated rings. The average Bonchev–Trinajstić information content (AvgIpc) is 3.07. The van der Waals surface area contributed by atoms with E-state index < -0.39 is 15.9 Å². The molecule has 1 aromatic heterocycles. The molecule has 0 atom stereocenters. The summed E-state index contributed by atoms with van der Waals surface area (Å²) in [6.45, 7) is 3.56. The zero-order chi connectivity index (χ0) is 22.8. The first-order chi connectivity index (χ1) is 14.6. The van der Waals surface area contributed by atoms with Gasteiger partial charge >= 0.3 is 0 Å². The Morgan fingerprint density at radius 3 is 2.42 bits per heavy atom. The lowest BCUT2D eigenvalue weighted by Crippen LogP contribution is -2.16. The third-order valence-corrected chi connectivity index (χ3v) is 6.97. The Morgan fingerprint density at radius 2 is 1.77 bits per heavy atom. The number of hydrogen-bond acceptors (Lipinski definition) is 5. The van der Waals surface area contributed by atoms with Gasteiger partial charge in [0.25, 0.3) is 11.8 Å². The van der Waals surface area contributed by atoms with Crippen molar-refractivity contribution in [2.75, 3.05) is 10.6 Å². The Hall–Kier alpha value is -2.72. The highest BCUT2D eigenvalue weighted by atomic mass is 35.5. The maximum absolute atomic E-state index is 12.8. The van der Waals surface area contributed by atoms with E-state index >= 15 is 0 Å². The molecule has 0 saturated heterocycles. The van der Waals surface area contributed by atoms with Crippen LogP contribution < -0.4 is 15.8 Å². The Balaban J connectivity index is 1.80. The molecule has 31 heavy (non-hydrogen) atoms. The highest BCUT2D eigenvalue weighted by Crippen LogP contribution is 2.29. The third kappa shape index (κ3) is 5.31. The average molecular weight is 478 g/mol. The number of carbonyl (C=O) groups excluding carboxylic acids is 2. The van der Waals surface area contributed by atoms with Gasteiger partial charge in [-0.15, -0.1) is 11.3 Å². The number of carbonyl (C=O) groups is 2. The van der Waals surface area contributed by atoms with Crippen molar-refractivity contribution < 1.29 is 18.0 Å². The number of halogens is 1. The number of benzene rings is 2. The van der Waals surface area contributed by atoms with Crippen LogP contribution in [0.15, 0.2) is 53.4 Å². The fourth-order valence-electron chi connectivity index (χ4n) is 2.97. The van der Waals surface area contributed by atoms with Crippen molar-refractivity contribution in [3.8, 4) is 0 Å². The van der Waals surface area contributed by atoms with E-state index in [1.54, 1.807) is 49.4 Å². The highest BCUT2D eigenvalue weighted by molar-refractivity contribution is 7.89. The van der Waals surface area contributed by atoms with Gasteiger partial charge in [-0.05, 0) is 54.8 Å². The Kier molecular flexibility index (Phi) is 6.80. The molecule has 7 nitrogen and oxygen atoms in total. The first-order valence-corrected chi connectivity index (χ1v) is 12.0. The summed E-state index contributed by atoms with van der Waals surface area (Å²) in [5, 5.41) is 11.5. The molecule has 0 saturated carbocycles. The van der Waals surface area contributed by atoms with E-state index in [1.807, 2.05) is 6.92 Å². The minimum absolute atomic E-state index is 0.0246. The summed E-state index contributed by atoms with van der Waals surface area (Å²) in [6, 6.07) is 12.9. The standard InChI is InChI=1S/C21H20ClN3O4S2/c1-3-13-8-9-14(11-17(13)31(23,28)29)24-21(27)19-12(2)10-18(30-19)25-20(26)15-6-4-5-7-16(15)22/h4-11H,3H2,1-2H3,(H,24,27)(H,25,26)(H2,23,28,29). The van der Waals surface area contributed by atoms with Crippen molar-refractivity contribution in [2.45, 2.75) is 25.2 Å². The summed E-state index contributed by atoms with van der Waals surface area (Å²) in [6.07, 6.45) is 0.485. The maximum Gasteiger partial charge on any atom is 0.266 e. The third-order valence-electron chi connectivity index (χ3n) is 4.49. The van der Waals surface area contributed by atoms with Crippen LogP contribution in [0.3, 0.4) is 0 Å². The molecular weight excluding hydrogens is 458 g/mol. The molecule has 0 aliphatic rings. The molecule has 1 heterocycles. The van der Waals surface area contributed by atoms with Gasteiger partial charge in [0.1, 0.15) is 0 Å². The molecule has 4 N–H and O–H groups in total. The Morgan fingerprint density at radius 1 is 1.06 bits per heavy atom. The van der Waals surface area contributed by atoms with Crippen molar-refractivity contribution in [1.82, 2.24) is 0 Å². The van der Waals surface area contributed by atoms with E-state index in [-0.39, 0.29) is 10.8 Å². The monoisotopic (exact) mass is 477 g/mol. The molecule has 0 aliphatic heterocycles. The summed E-state index contributed by atoms with van der Waals surface area (Å²) in [5.74, 6) is -0.808. The highest BCUT2D eigenvalue weighted by Gasteiger charge is 2.19. The molecule has 2 amide bonds. The SMILES string of the molecule is CCc1ccc(NC(=O)c2sc(NC(=O)c3ccccc3Cl)cc2C)cc1S(N)(=O)=O. The van der Waals surface area contributed by atoms with Gasteiger partial charge in [0, 0.05) is 5.69 Å². The van der Waals surface area contributed by atoms with Gasteiger partial charge in [0.05, 0.1) is 25.4 Å². The minimum atomic E-state index is -3.92. The van der Waals surface area contributed by atoms with Gasteiger partial charge in [0.2, 0.25) is 10.0 Å². The summed E-state index contributed by atoms with van der Waals surface area (Å²) in [4.78, 5) is 25.6. The second-order valence-corrected chi connectivity index (χ2v) is 9.72. The van der Waals surface area contributed by atoms with Crippen molar-refractivity contribution in [3.63, 3.8) is 0 Å². The van der Waals surface area contributed by atoms with Crippen molar-refractivity contribution in [1.29, 1.82) is 0 Å². The van der Waals surface area contributed by atoms with Crippen LogP contribution in [-0.4, -0.2) is 20.2 Å². The molecule has 10 heteroatoms. The lowest BCUT2D eigenvalue weighted by molar-refractivity contribution is 0.102. The molecular formula is C21H20ClN3O4S2. The largest absolute Gasteiger partial charge is 0.321 e. The van der Waals surface area contributed by atoms with E-state index in [1.165, 1.54) is 6.07 Å². The topological polar surface area (TPSA) is 118 Å². The Labute approximate surface area is 189 Å². The van der Waals surface area contributed by atoms with E-state index in [2.05, 4.69) is 10.6 Å².